The molecule has 0 N–H and O–H groups in total. The molecule has 0 bridgehead atoms. The Labute approximate surface area is 98.0 Å². The average Bonchev–Trinajstić information content (AvgIpc) is 2.62. The first-order valence-electron chi connectivity index (χ1n) is 5.16. The first-order chi connectivity index (χ1) is 8.10. The molecule has 0 aliphatic rings. The molecule has 1 atom stereocenters. The van der Waals surface area contributed by atoms with Gasteiger partial charge in [0.25, 0.3) is 6.43 Å². The lowest BCUT2D eigenvalue weighted by atomic mass is 10.2. The van der Waals surface area contributed by atoms with Crippen LogP contribution in [0, 0.1) is 17.2 Å². The van der Waals surface area contributed by atoms with Crippen molar-refractivity contribution in [1.29, 1.82) is 5.26 Å². The van der Waals surface area contributed by atoms with Crippen molar-refractivity contribution in [2.45, 2.75) is 26.3 Å². The summed E-state index contributed by atoms with van der Waals surface area (Å²) in [6.45, 7) is 2.62. The van der Waals surface area contributed by atoms with Gasteiger partial charge >= 0.3 is 0 Å². The van der Waals surface area contributed by atoms with Gasteiger partial charge in [-0.05, 0) is 5.92 Å². The van der Waals surface area contributed by atoms with Gasteiger partial charge < -0.3 is 4.74 Å². The number of nitriles is 1. The van der Waals surface area contributed by atoms with E-state index in [1.54, 1.807) is 13.2 Å². The van der Waals surface area contributed by atoms with Gasteiger partial charge in [0.2, 0.25) is 0 Å². The van der Waals surface area contributed by atoms with Gasteiger partial charge in [0.1, 0.15) is 11.4 Å². The Morgan fingerprint density at radius 1 is 1.53 bits per heavy atom. The van der Waals surface area contributed by atoms with Gasteiger partial charge in [-0.15, -0.1) is 5.10 Å². The number of aromatic nitrogens is 3. The summed E-state index contributed by atoms with van der Waals surface area (Å²) in [5, 5.41) is 15.8. The van der Waals surface area contributed by atoms with Gasteiger partial charge in [-0.2, -0.15) is 5.26 Å². The molecule has 0 amide bonds. The maximum Gasteiger partial charge on any atom is 0.281 e. The predicted molar refractivity (Wildman–Crippen MR) is 55.3 cm³/mol. The topological polar surface area (TPSA) is 63.7 Å². The van der Waals surface area contributed by atoms with Crippen LogP contribution in [0.25, 0.3) is 0 Å². The molecule has 0 aliphatic carbocycles. The van der Waals surface area contributed by atoms with Crippen LogP contribution < -0.4 is 0 Å². The molecule has 0 radical (unpaired) electrons. The molecular weight excluding hydrogens is 230 g/mol. The maximum atomic E-state index is 12.8. The molecule has 94 valence electrons. The first kappa shape index (κ1) is 13.5. The SMILES string of the molecule is COCC(C)Cn1nnc(CC#N)c1C(F)F. The molecule has 0 fully saturated rings. The van der Waals surface area contributed by atoms with E-state index in [2.05, 4.69) is 10.3 Å². The molecule has 17 heavy (non-hydrogen) atoms. The number of hydrogen-bond donors (Lipinski definition) is 0. The zero-order chi connectivity index (χ0) is 12.8. The van der Waals surface area contributed by atoms with Crippen LogP contribution in [-0.2, 0) is 17.7 Å². The van der Waals surface area contributed by atoms with Gasteiger partial charge in [0.15, 0.2) is 0 Å². The molecule has 7 heteroatoms. The van der Waals surface area contributed by atoms with E-state index in [0.29, 0.717) is 13.2 Å². The Bertz CT molecular complexity index is 400. The van der Waals surface area contributed by atoms with Gasteiger partial charge in [0, 0.05) is 13.7 Å². The molecule has 1 aromatic rings. The number of nitrogens with zero attached hydrogens (tertiary/aromatic N) is 4. The third kappa shape index (κ3) is 3.46. The zero-order valence-corrected chi connectivity index (χ0v) is 9.73. The number of rotatable bonds is 6. The minimum atomic E-state index is -2.68. The van der Waals surface area contributed by atoms with Crippen molar-refractivity contribution in [2.24, 2.45) is 5.92 Å². The van der Waals surface area contributed by atoms with Crippen LogP contribution in [0.3, 0.4) is 0 Å². The van der Waals surface area contributed by atoms with E-state index in [9.17, 15) is 8.78 Å². The lowest BCUT2D eigenvalue weighted by Crippen LogP contribution is -2.16. The molecule has 1 rings (SSSR count). The monoisotopic (exact) mass is 244 g/mol. The normalized spacial score (nSPS) is 12.7. The molecule has 1 unspecified atom stereocenters. The molecule has 1 aromatic heterocycles. The van der Waals surface area contributed by atoms with Crippen LogP contribution in [0.1, 0.15) is 24.7 Å². The standard InChI is InChI=1S/C10H14F2N4O/c1-7(6-17-2)5-16-9(10(11)12)8(3-4-13)14-15-16/h7,10H,3,5-6H2,1-2H3. The Kier molecular flexibility index (Phi) is 4.97. The van der Waals surface area contributed by atoms with Crippen LogP contribution in [-0.4, -0.2) is 28.7 Å². The summed E-state index contributed by atoms with van der Waals surface area (Å²) in [5.41, 5.74) is -0.221. The fraction of sp³-hybridized carbons (Fsp3) is 0.700. The fourth-order valence-corrected chi connectivity index (χ4v) is 1.56. The highest BCUT2D eigenvalue weighted by Gasteiger charge is 2.22. The lowest BCUT2D eigenvalue weighted by molar-refractivity contribution is 0.125. The largest absolute Gasteiger partial charge is 0.384 e. The Hall–Kier alpha value is -1.55. The molecule has 0 saturated heterocycles. The summed E-state index contributed by atoms with van der Waals surface area (Å²) in [5.74, 6) is 0.0501. The Morgan fingerprint density at radius 3 is 2.76 bits per heavy atom. The molecular formula is C10H14F2N4O. The van der Waals surface area contributed by atoms with Crippen molar-refractivity contribution in [2.75, 3.05) is 13.7 Å². The van der Waals surface area contributed by atoms with Crippen molar-refractivity contribution < 1.29 is 13.5 Å². The van der Waals surface area contributed by atoms with Crippen LogP contribution in [0.5, 0.6) is 0 Å². The second kappa shape index (κ2) is 6.25. The molecule has 5 nitrogen and oxygen atoms in total. The fourth-order valence-electron chi connectivity index (χ4n) is 1.56. The number of ether oxygens (including phenoxy) is 1. The van der Waals surface area contributed by atoms with Gasteiger partial charge in [-0.1, -0.05) is 12.1 Å². The highest BCUT2D eigenvalue weighted by atomic mass is 19.3. The van der Waals surface area contributed by atoms with Crippen molar-refractivity contribution in [1.82, 2.24) is 15.0 Å². The number of hydrogen-bond acceptors (Lipinski definition) is 4. The van der Waals surface area contributed by atoms with Crippen molar-refractivity contribution in [3.05, 3.63) is 11.4 Å². The van der Waals surface area contributed by atoms with Crippen LogP contribution in [0.4, 0.5) is 8.78 Å². The predicted octanol–water partition coefficient (Wildman–Crippen LogP) is 1.56. The molecule has 0 saturated carbocycles. The quantitative estimate of drug-likeness (QED) is 0.761. The van der Waals surface area contributed by atoms with E-state index < -0.39 is 6.43 Å². The molecule has 0 aromatic carbocycles. The van der Waals surface area contributed by atoms with Crippen molar-refractivity contribution in [3.8, 4) is 6.07 Å². The van der Waals surface area contributed by atoms with Gasteiger partial charge in [-0.3, -0.25) is 0 Å². The summed E-state index contributed by atoms with van der Waals surface area (Å²) in [6.07, 6.45) is -2.83. The number of methoxy groups -OCH3 is 1. The van der Waals surface area contributed by atoms with E-state index in [-0.39, 0.29) is 23.7 Å². The van der Waals surface area contributed by atoms with Crippen LogP contribution in [0.2, 0.25) is 0 Å². The van der Waals surface area contributed by atoms with Crippen molar-refractivity contribution in [3.63, 3.8) is 0 Å². The third-order valence-electron chi connectivity index (χ3n) is 2.24. The average molecular weight is 244 g/mol. The minimum Gasteiger partial charge on any atom is -0.384 e. The zero-order valence-electron chi connectivity index (χ0n) is 9.73. The number of alkyl halides is 2. The van der Waals surface area contributed by atoms with E-state index in [1.165, 1.54) is 0 Å². The smallest absolute Gasteiger partial charge is 0.281 e. The van der Waals surface area contributed by atoms with E-state index in [0.717, 1.165) is 4.68 Å². The van der Waals surface area contributed by atoms with Crippen molar-refractivity contribution >= 4 is 0 Å². The van der Waals surface area contributed by atoms with Crippen LogP contribution >= 0.6 is 0 Å². The van der Waals surface area contributed by atoms with Gasteiger partial charge in [0.05, 0.1) is 19.1 Å². The lowest BCUT2D eigenvalue weighted by Gasteiger charge is -2.12. The summed E-state index contributed by atoms with van der Waals surface area (Å²) in [7, 11) is 1.55. The van der Waals surface area contributed by atoms with Gasteiger partial charge in [-0.25, -0.2) is 13.5 Å². The first-order valence-corrected chi connectivity index (χ1v) is 5.16. The Balaban J connectivity index is 2.88. The summed E-state index contributed by atoms with van der Waals surface area (Å²) >= 11 is 0. The molecule has 0 spiro atoms. The Morgan fingerprint density at radius 2 is 2.24 bits per heavy atom. The highest BCUT2D eigenvalue weighted by molar-refractivity contribution is 5.15. The van der Waals surface area contributed by atoms with Crippen LogP contribution in [0.15, 0.2) is 0 Å². The molecule has 1 heterocycles. The number of halogens is 2. The highest BCUT2D eigenvalue weighted by Crippen LogP contribution is 2.22. The second-order valence-electron chi connectivity index (χ2n) is 3.80. The van der Waals surface area contributed by atoms with E-state index in [4.69, 9.17) is 10.00 Å². The summed E-state index contributed by atoms with van der Waals surface area (Å²) < 4.78 is 31.8. The maximum absolute atomic E-state index is 12.8. The van der Waals surface area contributed by atoms with E-state index in [1.807, 2.05) is 6.92 Å². The van der Waals surface area contributed by atoms with E-state index >= 15 is 0 Å². The summed E-state index contributed by atoms with van der Waals surface area (Å²) in [6, 6.07) is 1.80. The summed E-state index contributed by atoms with van der Waals surface area (Å²) in [4.78, 5) is 0. The second-order valence-corrected chi connectivity index (χ2v) is 3.80. The molecule has 0 aliphatic heterocycles. The third-order valence-corrected chi connectivity index (χ3v) is 2.24. The minimum absolute atomic E-state index is 0.0483.